The Balaban J connectivity index is 1.74. The minimum atomic E-state index is 0.327. The number of rotatable bonds is 5. The molecule has 96 valence electrons. The second-order valence-corrected chi connectivity index (χ2v) is 4.78. The van der Waals surface area contributed by atoms with Crippen molar-refractivity contribution < 1.29 is 4.74 Å². The van der Waals surface area contributed by atoms with Gasteiger partial charge in [-0.05, 0) is 20.3 Å². The van der Waals surface area contributed by atoms with Crippen LogP contribution in [0.5, 0.6) is 0 Å². The summed E-state index contributed by atoms with van der Waals surface area (Å²) in [4.78, 5) is 0. The van der Waals surface area contributed by atoms with E-state index in [0.717, 1.165) is 26.2 Å². The molecule has 2 heterocycles. The topological polar surface area (TPSA) is 62.0 Å². The van der Waals surface area contributed by atoms with E-state index in [1.807, 2.05) is 12.4 Å². The minimum absolute atomic E-state index is 0.327. The molecular formula is C12H22N4O. The number of nitrogens with zero attached hydrogens (tertiary/aromatic N) is 1. The van der Waals surface area contributed by atoms with E-state index in [-0.39, 0.29) is 0 Å². The molecule has 3 unspecified atom stereocenters. The van der Waals surface area contributed by atoms with Crippen molar-refractivity contribution in [1.82, 2.24) is 20.8 Å². The Bertz CT molecular complexity index is 308. The summed E-state index contributed by atoms with van der Waals surface area (Å²) in [5.41, 5.74) is 1.20. The first kappa shape index (κ1) is 12.5. The predicted molar refractivity (Wildman–Crippen MR) is 66.8 cm³/mol. The van der Waals surface area contributed by atoms with Gasteiger partial charge in [0, 0.05) is 36.4 Å². The van der Waals surface area contributed by atoms with E-state index >= 15 is 0 Å². The molecule has 0 saturated carbocycles. The van der Waals surface area contributed by atoms with Gasteiger partial charge in [0.25, 0.3) is 0 Å². The number of aromatic amines is 1. The Morgan fingerprint density at radius 3 is 3.12 bits per heavy atom. The molecule has 1 aromatic rings. The summed E-state index contributed by atoms with van der Waals surface area (Å²) < 4.78 is 5.45. The molecule has 5 nitrogen and oxygen atoms in total. The van der Waals surface area contributed by atoms with Gasteiger partial charge in [0.15, 0.2) is 0 Å². The number of nitrogens with one attached hydrogen (secondary N) is 3. The standard InChI is InChI=1S/C12H22N4O/c1-9(5-12-8-17-4-3-13-12)16-10(2)11-6-14-15-7-11/h6-7,9-10,12-13,16H,3-5,8H2,1-2H3,(H,14,15). The van der Waals surface area contributed by atoms with E-state index in [1.165, 1.54) is 5.56 Å². The number of aromatic nitrogens is 2. The van der Waals surface area contributed by atoms with E-state index < -0.39 is 0 Å². The Labute approximate surface area is 102 Å². The average molecular weight is 238 g/mol. The molecule has 3 N–H and O–H groups in total. The van der Waals surface area contributed by atoms with Crippen LogP contribution in [-0.2, 0) is 4.74 Å². The lowest BCUT2D eigenvalue weighted by Crippen LogP contribution is -2.45. The molecule has 1 saturated heterocycles. The second kappa shape index (κ2) is 6.14. The summed E-state index contributed by atoms with van der Waals surface area (Å²) in [6, 6.07) is 1.26. The number of H-pyrrole nitrogens is 1. The molecule has 2 rings (SSSR count). The third-order valence-corrected chi connectivity index (χ3v) is 3.19. The van der Waals surface area contributed by atoms with Gasteiger partial charge in [0.2, 0.25) is 0 Å². The van der Waals surface area contributed by atoms with Crippen molar-refractivity contribution in [2.75, 3.05) is 19.8 Å². The zero-order valence-corrected chi connectivity index (χ0v) is 10.6. The maximum Gasteiger partial charge on any atom is 0.0620 e. The second-order valence-electron chi connectivity index (χ2n) is 4.78. The van der Waals surface area contributed by atoms with Crippen LogP contribution in [-0.4, -0.2) is 42.0 Å². The molecular weight excluding hydrogens is 216 g/mol. The molecule has 1 aliphatic rings. The van der Waals surface area contributed by atoms with Crippen molar-refractivity contribution in [3.63, 3.8) is 0 Å². The summed E-state index contributed by atoms with van der Waals surface area (Å²) in [5, 5.41) is 13.9. The van der Waals surface area contributed by atoms with Crippen molar-refractivity contribution in [3.05, 3.63) is 18.0 Å². The molecule has 0 aliphatic carbocycles. The van der Waals surface area contributed by atoms with Crippen LogP contribution in [0, 0.1) is 0 Å². The summed E-state index contributed by atoms with van der Waals surface area (Å²) in [5.74, 6) is 0. The van der Waals surface area contributed by atoms with Gasteiger partial charge in [-0.25, -0.2) is 0 Å². The molecule has 0 amide bonds. The number of morpholine rings is 1. The fraction of sp³-hybridized carbons (Fsp3) is 0.750. The SMILES string of the molecule is CC(CC1COCCN1)NC(C)c1cn[nH]c1. The maximum absolute atomic E-state index is 5.45. The van der Waals surface area contributed by atoms with E-state index in [1.54, 1.807) is 0 Å². The first-order chi connectivity index (χ1) is 8.25. The van der Waals surface area contributed by atoms with Gasteiger partial charge in [-0.3, -0.25) is 5.10 Å². The van der Waals surface area contributed by atoms with E-state index in [2.05, 4.69) is 34.7 Å². The van der Waals surface area contributed by atoms with E-state index in [4.69, 9.17) is 4.74 Å². The van der Waals surface area contributed by atoms with Crippen molar-refractivity contribution in [3.8, 4) is 0 Å². The van der Waals surface area contributed by atoms with E-state index in [0.29, 0.717) is 18.1 Å². The van der Waals surface area contributed by atoms with Crippen LogP contribution in [0.15, 0.2) is 12.4 Å². The molecule has 1 aromatic heterocycles. The largest absolute Gasteiger partial charge is 0.379 e. The third kappa shape index (κ3) is 3.80. The molecule has 17 heavy (non-hydrogen) atoms. The molecule has 0 spiro atoms. The summed E-state index contributed by atoms with van der Waals surface area (Å²) in [6.45, 7) is 7.00. The lowest BCUT2D eigenvalue weighted by molar-refractivity contribution is 0.0708. The van der Waals surface area contributed by atoms with Crippen LogP contribution in [0.2, 0.25) is 0 Å². The van der Waals surface area contributed by atoms with Crippen LogP contribution in [0.25, 0.3) is 0 Å². The number of ether oxygens (including phenoxy) is 1. The average Bonchev–Trinajstić information content (AvgIpc) is 2.83. The van der Waals surface area contributed by atoms with Gasteiger partial charge in [0.05, 0.1) is 19.4 Å². The van der Waals surface area contributed by atoms with Gasteiger partial charge >= 0.3 is 0 Å². The lowest BCUT2D eigenvalue weighted by Gasteiger charge is -2.28. The smallest absolute Gasteiger partial charge is 0.0620 e. The van der Waals surface area contributed by atoms with E-state index in [9.17, 15) is 0 Å². The number of hydrogen-bond donors (Lipinski definition) is 3. The Hall–Kier alpha value is -0.910. The monoisotopic (exact) mass is 238 g/mol. The fourth-order valence-corrected chi connectivity index (χ4v) is 2.29. The minimum Gasteiger partial charge on any atom is -0.379 e. The normalized spacial score (nSPS) is 24.5. The molecule has 1 aliphatic heterocycles. The van der Waals surface area contributed by atoms with Gasteiger partial charge in [-0.15, -0.1) is 0 Å². The zero-order chi connectivity index (χ0) is 12.1. The fourth-order valence-electron chi connectivity index (χ4n) is 2.29. The molecule has 1 fully saturated rings. The molecule has 0 radical (unpaired) electrons. The highest BCUT2D eigenvalue weighted by molar-refractivity contribution is 5.08. The molecule has 5 heteroatoms. The highest BCUT2D eigenvalue weighted by Gasteiger charge is 2.17. The zero-order valence-electron chi connectivity index (χ0n) is 10.6. The Morgan fingerprint density at radius 2 is 2.47 bits per heavy atom. The lowest BCUT2D eigenvalue weighted by atomic mass is 10.1. The quantitative estimate of drug-likeness (QED) is 0.711. The van der Waals surface area contributed by atoms with Crippen molar-refractivity contribution >= 4 is 0 Å². The molecule has 0 aromatic carbocycles. The highest BCUT2D eigenvalue weighted by Crippen LogP contribution is 2.12. The molecule has 0 bridgehead atoms. The van der Waals surface area contributed by atoms with Gasteiger partial charge in [0.1, 0.15) is 0 Å². The van der Waals surface area contributed by atoms with Crippen molar-refractivity contribution in [2.45, 2.75) is 38.4 Å². The van der Waals surface area contributed by atoms with Crippen molar-refractivity contribution in [1.29, 1.82) is 0 Å². The van der Waals surface area contributed by atoms with Crippen LogP contribution >= 0.6 is 0 Å². The molecule has 3 atom stereocenters. The van der Waals surface area contributed by atoms with Crippen LogP contribution < -0.4 is 10.6 Å². The van der Waals surface area contributed by atoms with Gasteiger partial charge < -0.3 is 15.4 Å². The van der Waals surface area contributed by atoms with Crippen LogP contribution in [0.3, 0.4) is 0 Å². The van der Waals surface area contributed by atoms with Gasteiger partial charge in [-0.1, -0.05) is 0 Å². The highest BCUT2D eigenvalue weighted by atomic mass is 16.5. The van der Waals surface area contributed by atoms with Crippen LogP contribution in [0.4, 0.5) is 0 Å². The number of hydrogen-bond acceptors (Lipinski definition) is 4. The Morgan fingerprint density at radius 1 is 1.59 bits per heavy atom. The maximum atomic E-state index is 5.45. The summed E-state index contributed by atoms with van der Waals surface area (Å²) >= 11 is 0. The summed E-state index contributed by atoms with van der Waals surface area (Å²) in [6.07, 6.45) is 4.89. The summed E-state index contributed by atoms with van der Waals surface area (Å²) in [7, 11) is 0. The first-order valence-corrected chi connectivity index (χ1v) is 6.31. The Kier molecular flexibility index (Phi) is 4.53. The predicted octanol–water partition coefficient (Wildman–Crippen LogP) is 0.827. The van der Waals surface area contributed by atoms with Crippen molar-refractivity contribution in [2.24, 2.45) is 0 Å². The van der Waals surface area contributed by atoms with Crippen LogP contribution in [0.1, 0.15) is 31.9 Å². The van der Waals surface area contributed by atoms with Gasteiger partial charge in [-0.2, -0.15) is 5.10 Å². The first-order valence-electron chi connectivity index (χ1n) is 6.31. The third-order valence-electron chi connectivity index (χ3n) is 3.19.